The standard InChI is InChI=1S/C19H31O3P/c1-6-7-13-17(16-11-9-8-10-12-16)20-23-21-18(2,3)14-15-19(4,5)22-23/h8-12,17H,6-7,13-15H2,1-5H3. The lowest BCUT2D eigenvalue weighted by molar-refractivity contribution is 0.0377. The second-order valence-corrected chi connectivity index (χ2v) is 8.60. The average Bonchev–Trinajstić information content (AvgIpc) is 2.60. The van der Waals surface area contributed by atoms with Gasteiger partial charge in [-0.3, -0.25) is 0 Å². The molecule has 0 amide bonds. The lowest BCUT2D eigenvalue weighted by Crippen LogP contribution is -2.23. The molecule has 2 rings (SSSR count). The van der Waals surface area contributed by atoms with Crippen LogP contribution < -0.4 is 0 Å². The van der Waals surface area contributed by atoms with Crippen LogP contribution in [-0.4, -0.2) is 11.2 Å². The van der Waals surface area contributed by atoms with Gasteiger partial charge in [0, 0.05) is 0 Å². The zero-order valence-corrected chi connectivity index (χ0v) is 16.1. The van der Waals surface area contributed by atoms with Crippen LogP contribution in [0.2, 0.25) is 0 Å². The second-order valence-electron chi connectivity index (χ2n) is 7.57. The minimum absolute atomic E-state index is 0.0342. The maximum Gasteiger partial charge on any atom is 0.334 e. The predicted octanol–water partition coefficient (Wildman–Crippen LogP) is 6.55. The van der Waals surface area contributed by atoms with Gasteiger partial charge in [-0.15, -0.1) is 0 Å². The Morgan fingerprint density at radius 1 is 1.04 bits per heavy atom. The summed E-state index contributed by atoms with van der Waals surface area (Å²) in [4.78, 5) is 0. The van der Waals surface area contributed by atoms with Gasteiger partial charge in [0.05, 0.1) is 17.3 Å². The minimum atomic E-state index is -1.35. The maximum atomic E-state index is 6.35. The summed E-state index contributed by atoms with van der Waals surface area (Å²) in [6, 6.07) is 10.4. The molecule has 130 valence electrons. The quantitative estimate of drug-likeness (QED) is 0.551. The van der Waals surface area contributed by atoms with Gasteiger partial charge in [0.25, 0.3) is 0 Å². The van der Waals surface area contributed by atoms with Gasteiger partial charge in [0.15, 0.2) is 0 Å². The molecule has 1 atom stereocenters. The Hall–Kier alpha value is -0.470. The molecule has 0 bridgehead atoms. The zero-order chi connectivity index (χ0) is 16.9. The summed E-state index contributed by atoms with van der Waals surface area (Å²) in [5.41, 5.74) is 0.798. The molecule has 1 aliphatic rings. The topological polar surface area (TPSA) is 27.7 Å². The molecule has 1 heterocycles. The molecular formula is C19H31O3P. The van der Waals surface area contributed by atoms with Crippen LogP contribution in [-0.2, 0) is 13.6 Å². The van der Waals surface area contributed by atoms with Gasteiger partial charge < -0.3 is 13.6 Å². The summed E-state index contributed by atoms with van der Waals surface area (Å²) >= 11 is 0. The number of unbranched alkanes of at least 4 members (excludes halogenated alkanes) is 1. The van der Waals surface area contributed by atoms with E-state index < -0.39 is 8.60 Å². The van der Waals surface area contributed by atoms with Crippen molar-refractivity contribution in [3.63, 3.8) is 0 Å². The van der Waals surface area contributed by atoms with Crippen LogP contribution in [0.15, 0.2) is 30.3 Å². The van der Waals surface area contributed by atoms with Crippen LogP contribution in [0.25, 0.3) is 0 Å². The first-order valence-corrected chi connectivity index (χ1v) is 9.81. The number of hydrogen-bond acceptors (Lipinski definition) is 3. The summed E-state index contributed by atoms with van der Waals surface area (Å²) in [5.74, 6) is 0. The van der Waals surface area contributed by atoms with E-state index in [1.54, 1.807) is 0 Å². The molecule has 23 heavy (non-hydrogen) atoms. The maximum absolute atomic E-state index is 6.35. The van der Waals surface area contributed by atoms with E-state index in [1.165, 1.54) is 5.56 Å². The molecule has 1 unspecified atom stereocenters. The lowest BCUT2D eigenvalue weighted by Gasteiger charge is -2.30. The molecule has 1 aromatic rings. The molecule has 0 aromatic heterocycles. The Kier molecular flexibility index (Phi) is 6.62. The molecule has 0 aliphatic carbocycles. The molecule has 1 saturated heterocycles. The molecule has 0 N–H and O–H groups in total. The molecule has 0 radical (unpaired) electrons. The molecule has 0 spiro atoms. The molecule has 1 aromatic carbocycles. The van der Waals surface area contributed by atoms with Crippen molar-refractivity contribution in [3.8, 4) is 0 Å². The van der Waals surface area contributed by atoms with E-state index >= 15 is 0 Å². The van der Waals surface area contributed by atoms with E-state index in [9.17, 15) is 0 Å². The van der Waals surface area contributed by atoms with Crippen LogP contribution in [0.3, 0.4) is 0 Å². The van der Waals surface area contributed by atoms with Gasteiger partial charge in [-0.2, -0.15) is 0 Å². The van der Waals surface area contributed by atoms with E-state index in [1.807, 2.05) is 6.07 Å². The van der Waals surface area contributed by atoms with E-state index in [-0.39, 0.29) is 17.3 Å². The van der Waals surface area contributed by atoms with Gasteiger partial charge in [-0.25, -0.2) is 0 Å². The Labute approximate surface area is 142 Å². The third kappa shape index (κ3) is 6.15. The molecule has 0 saturated carbocycles. The third-order valence-electron chi connectivity index (χ3n) is 4.18. The summed E-state index contributed by atoms with van der Waals surface area (Å²) in [5, 5.41) is 0. The first kappa shape index (κ1) is 18.9. The highest BCUT2D eigenvalue weighted by Crippen LogP contribution is 2.55. The summed E-state index contributed by atoms with van der Waals surface area (Å²) in [7, 11) is -1.35. The smallest absolute Gasteiger partial charge is 0.306 e. The lowest BCUT2D eigenvalue weighted by atomic mass is 9.94. The van der Waals surface area contributed by atoms with Crippen LogP contribution >= 0.6 is 8.60 Å². The third-order valence-corrected chi connectivity index (χ3v) is 5.89. The van der Waals surface area contributed by atoms with Crippen molar-refractivity contribution in [1.29, 1.82) is 0 Å². The first-order chi connectivity index (χ1) is 10.8. The van der Waals surface area contributed by atoms with Gasteiger partial charge >= 0.3 is 8.60 Å². The van der Waals surface area contributed by atoms with Gasteiger partial charge in [0.1, 0.15) is 0 Å². The van der Waals surface area contributed by atoms with Crippen molar-refractivity contribution >= 4 is 8.60 Å². The fourth-order valence-electron chi connectivity index (χ4n) is 2.60. The Morgan fingerprint density at radius 2 is 1.61 bits per heavy atom. The SMILES string of the molecule is CCCCC(OP1OC(C)(C)CCC(C)(C)O1)c1ccccc1. The molecule has 1 fully saturated rings. The van der Waals surface area contributed by atoms with Crippen molar-refractivity contribution in [2.24, 2.45) is 0 Å². The zero-order valence-electron chi connectivity index (χ0n) is 15.2. The molecule has 4 heteroatoms. The van der Waals surface area contributed by atoms with Gasteiger partial charge in [-0.05, 0) is 52.5 Å². The summed E-state index contributed by atoms with van der Waals surface area (Å²) in [6.45, 7) is 10.7. The van der Waals surface area contributed by atoms with Crippen molar-refractivity contribution in [2.75, 3.05) is 0 Å². The number of benzene rings is 1. The summed E-state index contributed by atoms with van der Waals surface area (Å²) < 4.78 is 18.7. The Bertz CT molecular complexity index is 455. The van der Waals surface area contributed by atoms with Crippen LogP contribution in [0.1, 0.15) is 78.4 Å². The highest BCUT2D eigenvalue weighted by molar-refractivity contribution is 7.41. The van der Waals surface area contributed by atoms with Gasteiger partial charge in [0.2, 0.25) is 0 Å². The highest BCUT2D eigenvalue weighted by atomic mass is 31.2. The summed E-state index contributed by atoms with van der Waals surface area (Å²) in [6.07, 6.45) is 5.28. The van der Waals surface area contributed by atoms with Crippen LogP contribution in [0.4, 0.5) is 0 Å². The van der Waals surface area contributed by atoms with Gasteiger partial charge in [-0.1, -0.05) is 50.1 Å². The highest BCUT2D eigenvalue weighted by Gasteiger charge is 2.38. The first-order valence-electron chi connectivity index (χ1n) is 8.71. The normalized spacial score (nSPS) is 22.5. The van der Waals surface area contributed by atoms with E-state index in [4.69, 9.17) is 13.6 Å². The predicted molar refractivity (Wildman–Crippen MR) is 96.3 cm³/mol. The molecular weight excluding hydrogens is 307 g/mol. The number of rotatable bonds is 6. The minimum Gasteiger partial charge on any atom is -0.306 e. The van der Waals surface area contributed by atoms with E-state index in [2.05, 4.69) is 58.9 Å². The monoisotopic (exact) mass is 338 g/mol. The van der Waals surface area contributed by atoms with Crippen molar-refractivity contribution in [1.82, 2.24) is 0 Å². The van der Waals surface area contributed by atoms with Crippen molar-refractivity contribution in [3.05, 3.63) is 35.9 Å². The fourth-order valence-corrected chi connectivity index (χ4v) is 4.15. The fraction of sp³-hybridized carbons (Fsp3) is 0.684. The van der Waals surface area contributed by atoms with E-state index in [0.29, 0.717) is 0 Å². The molecule has 1 aliphatic heterocycles. The Balaban J connectivity index is 2.13. The Morgan fingerprint density at radius 3 is 2.13 bits per heavy atom. The largest absolute Gasteiger partial charge is 0.334 e. The van der Waals surface area contributed by atoms with Crippen molar-refractivity contribution < 1.29 is 13.6 Å². The second kappa shape index (κ2) is 8.07. The van der Waals surface area contributed by atoms with Crippen LogP contribution in [0.5, 0.6) is 0 Å². The van der Waals surface area contributed by atoms with Crippen molar-refractivity contribution in [2.45, 2.75) is 84.0 Å². The van der Waals surface area contributed by atoms with Crippen LogP contribution in [0, 0.1) is 0 Å². The number of hydrogen-bond donors (Lipinski definition) is 0. The van der Waals surface area contributed by atoms with E-state index in [0.717, 1.165) is 32.1 Å². The molecule has 3 nitrogen and oxygen atoms in total. The average molecular weight is 338 g/mol.